The van der Waals surface area contributed by atoms with E-state index < -0.39 is 10.0 Å². The summed E-state index contributed by atoms with van der Waals surface area (Å²) < 4.78 is 26.5. The van der Waals surface area contributed by atoms with Crippen molar-refractivity contribution < 1.29 is 8.42 Å². The van der Waals surface area contributed by atoms with Crippen molar-refractivity contribution in [2.45, 2.75) is 37.1 Å². The van der Waals surface area contributed by atoms with E-state index in [9.17, 15) is 8.42 Å². The summed E-state index contributed by atoms with van der Waals surface area (Å²) in [6.07, 6.45) is 3.55. The summed E-state index contributed by atoms with van der Waals surface area (Å²) in [5, 5.41) is 6.41. The Balaban J connectivity index is 2.25. The minimum absolute atomic E-state index is 0.0821. The number of nitrogens with two attached hydrogens (primary N) is 1. The molecule has 0 unspecified atom stereocenters. The molecule has 2 rings (SSSR count). The SMILES string of the molecule is Cc1[nH]ncc1S(=O)(=O)N(CCC(N)=S)C1CC1. The first kappa shape index (κ1) is 13.4. The topological polar surface area (TPSA) is 92.1 Å². The van der Waals surface area contributed by atoms with E-state index >= 15 is 0 Å². The highest BCUT2D eigenvalue weighted by molar-refractivity contribution is 7.89. The molecule has 100 valence electrons. The molecule has 1 aliphatic carbocycles. The number of hydrogen-bond donors (Lipinski definition) is 2. The normalized spacial score (nSPS) is 16.1. The van der Waals surface area contributed by atoms with Crippen molar-refractivity contribution in [3.05, 3.63) is 11.9 Å². The molecule has 0 radical (unpaired) electrons. The van der Waals surface area contributed by atoms with Crippen LogP contribution in [0.3, 0.4) is 0 Å². The van der Waals surface area contributed by atoms with E-state index in [0.29, 0.717) is 23.6 Å². The summed E-state index contributed by atoms with van der Waals surface area (Å²) in [7, 11) is -3.50. The van der Waals surface area contributed by atoms with Gasteiger partial charge in [-0.15, -0.1) is 0 Å². The molecule has 0 atom stereocenters. The lowest BCUT2D eigenvalue weighted by Crippen LogP contribution is -2.35. The quantitative estimate of drug-likeness (QED) is 0.746. The number of thiocarbonyl (C=S) groups is 1. The van der Waals surface area contributed by atoms with Crippen LogP contribution in [0.1, 0.15) is 25.0 Å². The Labute approximate surface area is 112 Å². The molecule has 0 amide bonds. The summed E-state index contributed by atoms with van der Waals surface area (Å²) in [4.78, 5) is 0.567. The van der Waals surface area contributed by atoms with Crippen molar-refractivity contribution in [3.63, 3.8) is 0 Å². The van der Waals surface area contributed by atoms with E-state index in [1.54, 1.807) is 6.92 Å². The summed E-state index contributed by atoms with van der Waals surface area (Å²) in [6, 6.07) is 0.0821. The molecule has 1 aromatic heterocycles. The smallest absolute Gasteiger partial charge is 0.246 e. The molecule has 6 nitrogen and oxygen atoms in total. The summed E-state index contributed by atoms with van der Waals surface area (Å²) in [5.74, 6) is 0. The first-order chi connectivity index (χ1) is 8.43. The number of sulfonamides is 1. The number of aromatic nitrogens is 2. The lowest BCUT2D eigenvalue weighted by molar-refractivity contribution is 0.413. The van der Waals surface area contributed by atoms with Crippen LogP contribution in [0.2, 0.25) is 0 Å². The first-order valence-electron chi connectivity index (χ1n) is 5.73. The number of aromatic amines is 1. The summed E-state index contributed by atoms with van der Waals surface area (Å²) in [6.45, 7) is 2.03. The van der Waals surface area contributed by atoms with Crippen LogP contribution in [0.25, 0.3) is 0 Å². The number of hydrogen-bond acceptors (Lipinski definition) is 4. The second-order valence-corrected chi connectivity index (χ2v) is 6.81. The maximum atomic E-state index is 12.5. The van der Waals surface area contributed by atoms with Crippen LogP contribution in [-0.4, -0.2) is 40.5 Å². The molecule has 1 fully saturated rings. The lowest BCUT2D eigenvalue weighted by atomic mass is 10.4. The zero-order chi connectivity index (χ0) is 13.3. The van der Waals surface area contributed by atoms with Gasteiger partial charge in [-0.3, -0.25) is 5.10 Å². The van der Waals surface area contributed by atoms with Gasteiger partial charge in [0, 0.05) is 19.0 Å². The van der Waals surface area contributed by atoms with Gasteiger partial charge in [-0.25, -0.2) is 8.42 Å². The predicted molar refractivity (Wildman–Crippen MR) is 71.6 cm³/mol. The highest BCUT2D eigenvalue weighted by atomic mass is 32.2. The molecule has 0 aromatic carbocycles. The molecule has 0 bridgehead atoms. The Hall–Kier alpha value is -0.990. The fourth-order valence-corrected chi connectivity index (χ4v) is 3.71. The number of nitrogens with zero attached hydrogens (tertiary/aromatic N) is 2. The number of rotatable bonds is 6. The predicted octanol–water partition coefficient (Wildman–Crippen LogP) is 0.547. The maximum absolute atomic E-state index is 12.5. The van der Waals surface area contributed by atoms with Gasteiger partial charge in [0.25, 0.3) is 0 Å². The Morgan fingerprint density at radius 3 is 2.78 bits per heavy atom. The Bertz CT molecular complexity index is 548. The van der Waals surface area contributed by atoms with E-state index in [-0.39, 0.29) is 10.9 Å². The van der Waals surface area contributed by atoms with Gasteiger partial charge in [0.2, 0.25) is 10.0 Å². The van der Waals surface area contributed by atoms with Crippen LogP contribution < -0.4 is 5.73 Å². The maximum Gasteiger partial charge on any atom is 0.246 e. The van der Waals surface area contributed by atoms with Crippen LogP contribution in [-0.2, 0) is 10.0 Å². The van der Waals surface area contributed by atoms with Gasteiger partial charge in [0.1, 0.15) is 4.90 Å². The first-order valence-corrected chi connectivity index (χ1v) is 7.58. The zero-order valence-corrected chi connectivity index (χ0v) is 11.7. The van der Waals surface area contributed by atoms with Crippen LogP contribution in [0.5, 0.6) is 0 Å². The Morgan fingerprint density at radius 1 is 1.67 bits per heavy atom. The number of aryl methyl sites for hydroxylation is 1. The molecule has 0 spiro atoms. The fourth-order valence-electron chi connectivity index (χ4n) is 1.81. The molecule has 1 heterocycles. The molecule has 1 aromatic rings. The zero-order valence-electron chi connectivity index (χ0n) is 10.1. The van der Waals surface area contributed by atoms with Crippen LogP contribution in [0, 0.1) is 6.92 Å². The van der Waals surface area contributed by atoms with E-state index in [4.69, 9.17) is 18.0 Å². The molecule has 0 saturated heterocycles. The third kappa shape index (κ3) is 2.70. The highest BCUT2D eigenvalue weighted by Crippen LogP contribution is 2.32. The molecule has 0 aliphatic heterocycles. The number of nitrogens with one attached hydrogen (secondary N) is 1. The molecule has 18 heavy (non-hydrogen) atoms. The second kappa shape index (κ2) is 4.94. The lowest BCUT2D eigenvalue weighted by Gasteiger charge is -2.21. The molecule has 3 N–H and O–H groups in total. The van der Waals surface area contributed by atoms with Gasteiger partial charge >= 0.3 is 0 Å². The van der Waals surface area contributed by atoms with Gasteiger partial charge in [-0.05, 0) is 19.8 Å². The molecular formula is C10H16N4O2S2. The standard InChI is InChI=1S/C10H16N4O2S2/c1-7-9(6-12-13-7)18(15,16)14(8-2-3-8)5-4-10(11)17/h6,8H,2-5H2,1H3,(H2,11,17)(H,12,13). The minimum atomic E-state index is -3.50. The second-order valence-electron chi connectivity index (χ2n) is 4.42. The highest BCUT2D eigenvalue weighted by Gasteiger charge is 2.38. The third-order valence-corrected chi connectivity index (χ3v) is 5.17. The molecule has 8 heteroatoms. The van der Waals surface area contributed by atoms with Crippen LogP contribution in [0.4, 0.5) is 0 Å². The van der Waals surface area contributed by atoms with Crippen LogP contribution in [0.15, 0.2) is 11.1 Å². The van der Waals surface area contributed by atoms with E-state index in [2.05, 4.69) is 10.2 Å². The van der Waals surface area contributed by atoms with Gasteiger partial charge in [-0.2, -0.15) is 9.40 Å². The van der Waals surface area contributed by atoms with Crippen molar-refractivity contribution in [1.29, 1.82) is 0 Å². The fraction of sp³-hybridized carbons (Fsp3) is 0.600. The number of H-pyrrole nitrogens is 1. The van der Waals surface area contributed by atoms with Gasteiger partial charge in [0.15, 0.2) is 0 Å². The average Bonchev–Trinajstić information content (AvgIpc) is 2.99. The Kier molecular flexibility index (Phi) is 3.69. The third-order valence-electron chi connectivity index (χ3n) is 2.90. The van der Waals surface area contributed by atoms with Gasteiger partial charge in [-0.1, -0.05) is 12.2 Å². The van der Waals surface area contributed by atoms with Gasteiger partial charge < -0.3 is 5.73 Å². The van der Waals surface area contributed by atoms with E-state index in [0.717, 1.165) is 12.8 Å². The minimum Gasteiger partial charge on any atom is -0.393 e. The summed E-state index contributed by atoms with van der Waals surface area (Å²) >= 11 is 4.81. The van der Waals surface area contributed by atoms with Crippen molar-refractivity contribution in [3.8, 4) is 0 Å². The van der Waals surface area contributed by atoms with E-state index in [1.807, 2.05) is 0 Å². The Morgan fingerprint density at radius 2 is 2.33 bits per heavy atom. The van der Waals surface area contributed by atoms with Crippen molar-refractivity contribution in [2.24, 2.45) is 5.73 Å². The largest absolute Gasteiger partial charge is 0.393 e. The average molecular weight is 288 g/mol. The van der Waals surface area contributed by atoms with Crippen molar-refractivity contribution in [2.75, 3.05) is 6.54 Å². The van der Waals surface area contributed by atoms with E-state index in [1.165, 1.54) is 10.5 Å². The molecule has 1 saturated carbocycles. The van der Waals surface area contributed by atoms with Crippen molar-refractivity contribution >= 4 is 27.2 Å². The molecule has 1 aliphatic rings. The van der Waals surface area contributed by atoms with Crippen molar-refractivity contribution in [1.82, 2.24) is 14.5 Å². The monoisotopic (exact) mass is 288 g/mol. The van der Waals surface area contributed by atoms with Gasteiger partial charge in [0.05, 0.1) is 16.9 Å². The summed E-state index contributed by atoms with van der Waals surface area (Å²) in [5.41, 5.74) is 6.00. The van der Waals surface area contributed by atoms with Crippen LogP contribution >= 0.6 is 12.2 Å². The molecular weight excluding hydrogens is 272 g/mol.